The van der Waals surface area contributed by atoms with Crippen LogP contribution in [0, 0.1) is 11.6 Å². The summed E-state index contributed by atoms with van der Waals surface area (Å²) in [5.41, 5.74) is 3.47. The lowest BCUT2D eigenvalue weighted by molar-refractivity contribution is 0.0692. The summed E-state index contributed by atoms with van der Waals surface area (Å²) in [5, 5.41) is 11.7. The molecule has 0 saturated carbocycles. The molecular formula is C11H14F2N2O2. The summed E-state index contributed by atoms with van der Waals surface area (Å²) >= 11 is 0. The summed E-state index contributed by atoms with van der Waals surface area (Å²) in [6.07, 6.45) is 0. The Labute approximate surface area is 97.4 Å². The zero-order valence-electron chi connectivity index (χ0n) is 9.55. The third-order valence-corrected chi connectivity index (χ3v) is 2.01. The lowest BCUT2D eigenvalue weighted by atomic mass is 10.1. The van der Waals surface area contributed by atoms with Gasteiger partial charge in [0.2, 0.25) is 0 Å². The quantitative estimate of drug-likeness (QED) is 0.695. The number of nitrogens with one attached hydrogen (secondary N) is 1. The van der Waals surface area contributed by atoms with E-state index in [0.717, 1.165) is 6.07 Å². The minimum atomic E-state index is -1.11. The van der Waals surface area contributed by atoms with Gasteiger partial charge in [0, 0.05) is 12.6 Å². The van der Waals surface area contributed by atoms with Crippen LogP contribution in [0.5, 0.6) is 0 Å². The van der Waals surface area contributed by atoms with Gasteiger partial charge in [0.1, 0.15) is 11.6 Å². The number of hydrogen-bond donors (Lipinski definition) is 3. The molecule has 0 bridgehead atoms. The zero-order valence-corrected chi connectivity index (χ0v) is 9.55. The Morgan fingerprint density at radius 3 is 2.53 bits per heavy atom. The van der Waals surface area contributed by atoms with Crippen molar-refractivity contribution in [1.82, 2.24) is 5.32 Å². The van der Waals surface area contributed by atoms with Crippen molar-refractivity contribution in [1.29, 1.82) is 0 Å². The van der Waals surface area contributed by atoms with E-state index in [0.29, 0.717) is 6.07 Å². The smallest absolute Gasteiger partial charge is 0.254 e. The van der Waals surface area contributed by atoms with Crippen molar-refractivity contribution in [2.24, 2.45) is 0 Å². The van der Waals surface area contributed by atoms with Crippen LogP contribution < -0.4 is 11.1 Å². The van der Waals surface area contributed by atoms with E-state index in [2.05, 4.69) is 5.32 Å². The number of carbonyl (C=O) groups excluding carboxylic acids is 1. The number of aliphatic hydroxyl groups is 1. The van der Waals surface area contributed by atoms with Gasteiger partial charge in [-0.3, -0.25) is 4.79 Å². The van der Waals surface area contributed by atoms with E-state index in [1.54, 1.807) is 0 Å². The number of benzene rings is 1. The Hall–Kier alpha value is -1.69. The summed E-state index contributed by atoms with van der Waals surface area (Å²) < 4.78 is 26.1. The molecule has 0 atom stereocenters. The van der Waals surface area contributed by atoms with Gasteiger partial charge < -0.3 is 16.2 Å². The fourth-order valence-corrected chi connectivity index (χ4v) is 1.13. The first-order valence-electron chi connectivity index (χ1n) is 4.96. The average molecular weight is 244 g/mol. The predicted molar refractivity (Wildman–Crippen MR) is 59.4 cm³/mol. The molecule has 6 heteroatoms. The molecule has 0 radical (unpaired) electrons. The fourth-order valence-electron chi connectivity index (χ4n) is 1.13. The second kappa shape index (κ2) is 4.67. The van der Waals surface area contributed by atoms with E-state index < -0.39 is 23.1 Å². The van der Waals surface area contributed by atoms with Crippen LogP contribution in [0.1, 0.15) is 24.2 Å². The summed E-state index contributed by atoms with van der Waals surface area (Å²) in [6, 6.07) is 1.47. The monoisotopic (exact) mass is 244 g/mol. The Morgan fingerprint density at radius 2 is 2.00 bits per heavy atom. The summed E-state index contributed by atoms with van der Waals surface area (Å²) in [7, 11) is 0. The second-order valence-electron chi connectivity index (χ2n) is 4.35. The topological polar surface area (TPSA) is 75.3 Å². The number of nitrogens with two attached hydrogens (primary N) is 1. The maximum Gasteiger partial charge on any atom is 0.254 e. The van der Waals surface area contributed by atoms with Gasteiger partial charge in [0.05, 0.1) is 16.9 Å². The second-order valence-corrected chi connectivity index (χ2v) is 4.35. The standard InChI is InChI=1S/C11H14F2N2O2/c1-11(2,17)5-15-10(16)6-3-9(14)8(13)4-7(6)12/h3-4,17H,5,14H2,1-2H3,(H,15,16). The maximum absolute atomic E-state index is 13.3. The van der Waals surface area contributed by atoms with E-state index in [9.17, 15) is 18.7 Å². The number of rotatable bonds is 3. The van der Waals surface area contributed by atoms with Crippen LogP contribution in [-0.4, -0.2) is 23.2 Å². The van der Waals surface area contributed by atoms with Gasteiger partial charge in [-0.1, -0.05) is 0 Å². The van der Waals surface area contributed by atoms with E-state index in [1.165, 1.54) is 13.8 Å². The molecular weight excluding hydrogens is 230 g/mol. The Morgan fingerprint density at radius 1 is 1.41 bits per heavy atom. The average Bonchev–Trinajstić information content (AvgIpc) is 2.19. The lowest BCUT2D eigenvalue weighted by Crippen LogP contribution is -2.38. The molecule has 1 aromatic rings. The Bertz CT molecular complexity index is 442. The van der Waals surface area contributed by atoms with Crippen LogP contribution in [0.15, 0.2) is 12.1 Å². The van der Waals surface area contributed by atoms with E-state index in [1.807, 2.05) is 0 Å². The highest BCUT2D eigenvalue weighted by atomic mass is 19.1. The molecule has 0 aliphatic carbocycles. The van der Waals surface area contributed by atoms with Crippen LogP contribution in [0.25, 0.3) is 0 Å². The minimum absolute atomic E-state index is 0.0530. The van der Waals surface area contributed by atoms with Gasteiger partial charge in [0.25, 0.3) is 5.91 Å². The molecule has 0 fully saturated rings. The number of amides is 1. The van der Waals surface area contributed by atoms with E-state index in [4.69, 9.17) is 5.73 Å². The molecule has 1 rings (SSSR count). The molecule has 0 aliphatic rings. The SMILES string of the molecule is CC(C)(O)CNC(=O)c1cc(N)c(F)cc1F. The highest BCUT2D eigenvalue weighted by Crippen LogP contribution is 2.16. The highest BCUT2D eigenvalue weighted by molar-refractivity contribution is 5.95. The van der Waals surface area contributed by atoms with Crippen molar-refractivity contribution in [3.63, 3.8) is 0 Å². The van der Waals surface area contributed by atoms with Gasteiger partial charge in [-0.05, 0) is 19.9 Å². The van der Waals surface area contributed by atoms with Gasteiger partial charge in [-0.25, -0.2) is 8.78 Å². The lowest BCUT2D eigenvalue weighted by Gasteiger charge is -2.17. The predicted octanol–water partition coefficient (Wildman–Crippen LogP) is 1.05. The molecule has 17 heavy (non-hydrogen) atoms. The zero-order chi connectivity index (χ0) is 13.2. The minimum Gasteiger partial charge on any atom is -0.396 e. The summed E-state index contributed by atoms with van der Waals surface area (Å²) in [5.74, 6) is -2.66. The van der Waals surface area contributed by atoms with Crippen LogP contribution in [0.2, 0.25) is 0 Å². The fraction of sp³-hybridized carbons (Fsp3) is 0.364. The van der Waals surface area contributed by atoms with E-state index in [-0.39, 0.29) is 17.8 Å². The summed E-state index contributed by atoms with van der Waals surface area (Å²) in [4.78, 5) is 11.5. The van der Waals surface area contributed by atoms with Crippen molar-refractivity contribution in [2.45, 2.75) is 19.4 Å². The number of halogens is 2. The third kappa shape index (κ3) is 3.67. The third-order valence-electron chi connectivity index (χ3n) is 2.01. The summed E-state index contributed by atoms with van der Waals surface area (Å²) in [6.45, 7) is 2.92. The van der Waals surface area contributed by atoms with Crippen molar-refractivity contribution in [3.8, 4) is 0 Å². The Kier molecular flexibility index (Phi) is 3.67. The molecule has 0 heterocycles. The van der Waals surface area contributed by atoms with Gasteiger partial charge in [-0.15, -0.1) is 0 Å². The van der Waals surface area contributed by atoms with Crippen LogP contribution >= 0.6 is 0 Å². The van der Waals surface area contributed by atoms with Crippen molar-refractivity contribution in [3.05, 3.63) is 29.3 Å². The van der Waals surface area contributed by atoms with Crippen molar-refractivity contribution in [2.75, 3.05) is 12.3 Å². The molecule has 0 unspecified atom stereocenters. The molecule has 0 spiro atoms. The molecule has 1 aromatic carbocycles. The Balaban J connectivity index is 2.86. The van der Waals surface area contributed by atoms with Crippen molar-refractivity contribution >= 4 is 11.6 Å². The first kappa shape index (κ1) is 13.4. The molecule has 0 aliphatic heterocycles. The largest absolute Gasteiger partial charge is 0.396 e. The normalized spacial score (nSPS) is 11.4. The molecule has 4 nitrogen and oxygen atoms in total. The maximum atomic E-state index is 13.3. The van der Waals surface area contributed by atoms with Gasteiger partial charge >= 0.3 is 0 Å². The first-order chi connectivity index (χ1) is 7.70. The van der Waals surface area contributed by atoms with Crippen molar-refractivity contribution < 1.29 is 18.7 Å². The van der Waals surface area contributed by atoms with Crippen LogP contribution in [0.3, 0.4) is 0 Å². The van der Waals surface area contributed by atoms with Crippen LogP contribution in [-0.2, 0) is 0 Å². The molecule has 94 valence electrons. The molecule has 4 N–H and O–H groups in total. The highest BCUT2D eigenvalue weighted by Gasteiger charge is 2.18. The number of carbonyl (C=O) groups is 1. The molecule has 0 saturated heterocycles. The first-order valence-corrected chi connectivity index (χ1v) is 4.96. The molecule has 0 aromatic heterocycles. The van der Waals surface area contributed by atoms with Crippen LogP contribution in [0.4, 0.5) is 14.5 Å². The number of hydrogen-bond acceptors (Lipinski definition) is 3. The number of nitrogen functional groups attached to an aromatic ring is 1. The van der Waals surface area contributed by atoms with Gasteiger partial charge in [0.15, 0.2) is 0 Å². The molecule has 1 amide bonds. The van der Waals surface area contributed by atoms with E-state index >= 15 is 0 Å². The number of anilines is 1. The van der Waals surface area contributed by atoms with Gasteiger partial charge in [-0.2, -0.15) is 0 Å².